The third-order valence-electron chi connectivity index (χ3n) is 2.87. The number of pyridine rings is 1. The second-order valence-electron chi connectivity index (χ2n) is 4.70. The van der Waals surface area contributed by atoms with E-state index in [4.69, 9.17) is 21.7 Å². The normalized spacial score (nSPS) is 11.4. The average Bonchev–Trinajstić information content (AvgIpc) is 2.54. The first-order chi connectivity index (χ1) is 10.7. The van der Waals surface area contributed by atoms with Gasteiger partial charge in [0.25, 0.3) is 0 Å². The molecule has 0 fully saturated rings. The highest BCUT2D eigenvalue weighted by molar-refractivity contribution is 7.80. The van der Waals surface area contributed by atoms with E-state index in [1.165, 1.54) is 0 Å². The molecule has 0 amide bonds. The first-order valence-electron chi connectivity index (χ1n) is 6.92. The van der Waals surface area contributed by atoms with Crippen molar-refractivity contribution in [1.29, 1.82) is 0 Å². The molecule has 0 aliphatic rings. The van der Waals surface area contributed by atoms with Gasteiger partial charge in [-0.3, -0.25) is 4.98 Å². The summed E-state index contributed by atoms with van der Waals surface area (Å²) in [4.78, 5) is 3.96. The molecule has 2 rings (SSSR count). The minimum atomic E-state index is 0.0479. The molecule has 0 unspecified atom stereocenters. The fourth-order valence-corrected chi connectivity index (χ4v) is 2.14. The van der Waals surface area contributed by atoms with Crippen LogP contribution in [0.3, 0.4) is 0 Å². The largest absolute Gasteiger partial charge is 0.493 e. The number of hydrogen-bond acceptors (Lipinski definition) is 4. The Morgan fingerprint density at radius 3 is 2.55 bits per heavy atom. The Hall–Kier alpha value is -2.34. The number of hydrogen-bond donors (Lipinski definition) is 2. The summed E-state index contributed by atoms with van der Waals surface area (Å²) in [5.41, 5.74) is 0.894. The average molecular weight is 317 g/mol. The predicted octanol–water partition coefficient (Wildman–Crippen LogP) is 2.84. The molecule has 1 aromatic carbocycles. The van der Waals surface area contributed by atoms with Gasteiger partial charge in [-0.15, -0.1) is 0 Å². The smallest absolute Gasteiger partial charge is 0.171 e. The Labute approximate surface area is 135 Å². The van der Waals surface area contributed by atoms with Crippen molar-refractivity contribution in [2.24, 2.45) is 0 Å². The zero-order valence-corrected chi connectivity index (χ0v) is 13.4. The van der Waals surface area contributed by atoms with Gasteiger partial charge in [0.1, 0.15) is 6.61 Å². The van der Waals surface area contributed by atoms with Gasteiger partial charge in [0.15, 0.2) is 16.6 Å². The van der Waals surface area contributed by atoms with E-state index >= 15 is 0 Å². The summed E-state index contributed by atoms with van der Waals surface area (Å²) in [6, 6.07) is 11.3. The molecule has 0 spiro atoms. The lowest BCUT2D eigenvalue weighted by atomic mass is 10.3. The number of aromatic nitrogens is 1. The van der Waals surface area contributed by atoms with Gasteiger partial charge in [-0.25, -0.2) is 0 Å². The summed E-state index contributed by atoms with van der Waals surface area (Å²) >= 11 is 5.27. The Morgan fingerprint density at radius 2 is 1.86 bits per heavy atom. The number of nitrogens with one attached hydrogen (secondary N) is 2. The zero-order chi connectivity index (χ0) is 15.8. The van der Waals surface area contributed by atoms with Gasteiger partial charge in [0, 0.05) is 18.1 Å². The summed E-state index contributed by atoms with van der Waals surface area (Å²) in [6.45, 7) is 2.47. The van der Waals surface area contributed by atoms with E-state index in [9.17, 15) is 0 Å². The van der Waals surface area contributed by atoms with Gasteiger partial charge in [0.2, 0.25) is 0 Å². The van der Waals surface area contributed by atoms with Crippen LogP contribution in [0.4, 0.5) is 5.69 Å². The Balaban J connectivity index is 1.80. The molecule has 6 heteroatoms. The molecule has 1 aromatic heterocycles. The van der Waals surface area contributed by atoms with E-state index in [1.54, 1.807) is 19.5 Å². The first kappa shape index (κ1) is 16.0. The van der Waals surface area contributed by atoms with Gasteiger partial charge in [-0.1, -0.05) is 12.1 Å². The summed E-state index contributed by atoms with van der Waals surface area (Å²) in [5, 5.41) is 6.81. The Kier molecular flexibility index (Phi) is 5.97. The highest BCUT2D eigenvalue weighted by atomic mass is 32.1. The van der Waals surface area contributed by atoms with Crippen LogP contribution < -0.4 is 20.1 Å². The van der Waals surface area contributed by atoms with Crippen LogP contribution in [-0.4, -0.2) is 29.9 Å². The quantitative estimate of drug-likeness (QED) is 0.799. The fraction of sp³-hybridized carbons (Fsp3) is 0.250. The van der Waals surface area contributed by atoms with Gasteiger partial charge < -0.3 is 20.1 Å². The lowest BCUT2D eigenvalue weighted by Gasteiger charge is -2.18. The van der Waals surface area contributed by atoms with Crippen LogP contribution >= 0.6 is 12.2 Å². The molecule has 0 saturated carbocycles. The number of anilines is 1. The van der Waals surface area contributed by atoms with E-state index < -0.39 is 0 Å². The SMILES string of the molecule is COc1ccccc1OC[C@H](C)NC(=S)Nc1ccncc1. The molecule has 22 heavy (non-hydrogen) atoms. The Morgan fingerprint density at radius 1 is 1.18 bits per heavy atom. The molecular weight excluding hydrogens is 298 g/mol. The molecule has 1 heterocycles. The number of nitrogens with zero attached hydrogens (tertiary/aromatic N) is 1. The summed E-state index contributed by atoms with van der Waals surface area (Å²) in [5.74, 6) is 1.43. The summed E-state index contributed by atoms with van der Waals surface area (Å²) in [7, 11) is 1.62. The van der Waals surface area contributed by atoms with Crippen molar-refractivity contribution in [3.63, 3.8) is 0 Å². The number of methoxy groups -OCH3 is 1. The van der Waals surface area contributed by atoms with Crippen molar-refractivity contribution in [1.82, 2.24) is 10.3 Å². The molecule has 0 bridgehead atoms. The fourth-order valence-electron chi connectivity index (χ4n) is 1.82. The third-order valence-corrected chi connectivity index (χ3v) is 3.09. The summed E-state index contributed by atoms with van der Waals surface area (Å²) < 4.78 is 11.0. The van der Waals surface area contributed by atoms with Crippen molar-refractivity contribution >= 4 is 23.0 Å². The van der Waals surface area contributed by atoms with E-state index in [-0.39, 0.29) is 6.04 Å². The van der Waals surface area contributed by atoms with Gasteiger partial charge in [0.05, 0.1) is 13.2 Å². The lowest BCUT2D eigenvalue weighted by Crippen LogP contribution is -2.39. The number of ether oxygens (including phenoxy) is 2. The van der Waals surface area contributed by atoms with Gasteiger partial charge >= 0.3 is 0 Å². The number of benzene rings is 1. The maximum absolute atomic E-state index is 5.76. The minimum Gasteiger partial charge on any atom is -0.493 e. The van der Waals surface area contributed by atoms with Crippen LogP contribution in [0.5, 0.6) is 11.5 Å². The zero-order valence-electron chi connectivity index (χ0n) is 12.6. The molecule has 0 saturated heterocycles. The van der Waals surface area contributed by atoms with Crippen molar-refractivity contribution < 1.29 is 9.47 Å². The van der Waals surface area contributed by atoms with E-state index in [0.29, 0.717) is 23.2 Å². The van der Waals surface area contributed by atoms with Crippen LogP contribution in [0.2, 0.25) is 0 Å². The van der Waals surface area contributed by atoms with Crippen molar-refractivity contribution in [3.05, 3.63) is 48.8 Å². The monoisotopic (exact) mass is 317 g/mol. The van der Waals surface area contributed by atoms with Crippen molar-refractivity contribution in [3.8, 4) is 11.5 Å². The van der Waals surface area contributed by atoms with Crippen LogP contribution in [0.1, 0.15) is 6.92 Å². The van der Waals surface area contributed by atoms with E-state index in [0.717, 1.165) is 5.69 Å². The molecule has 0 aliphatic heterocycles. The van der Waals surface area contributed by atoms with Gasteiger partial charge in [-0.2, -0.15) is 0 Å². The van der Waals surface area contributed by atoms with Crippen molar-refractivity contribution in [2.75, 3.05) is 19.0 Å². The summed E-state index contributed by atoms with van der Waals surface area (Å²) in [6.07, 6.45) is 3.42. The van der Waals surface area contributed by atoms with Crippen LogP contribution in [0, 0.1) is 0 Å². The number of rotatable bonds is 6. The first-order valence-corrected chi connectivity index (χ1v) is 7.33. The maximum atomic E-state index is 5.76. The van der Waals surface area contributed by atoms with Crippen LogP contribution in [0.15, 0.2) is 48.8 Å². The molecule has 1 atom stereocenters. The predicted molar refractivity (Wildman–Crippen MR) is 91.5 cm³/mol. The molecule has 2 N–H and O–H groups in total. The molecule has 0 radical (unpaired) electrons. The molecular formula is C16H19N3O2S. The van der Waals surface area contributed by atoms with E-state index in [1.807, 2.05) is 43.3 Å². The maximum Gasteiger partial charge on any atom is 0.171 e. The molecule has 116 valence electrons. The standard InChI is InChI=1S/C16H19N3O2S/c1-12(11-21-15-6-4-3-5-14(15)20-2)18-16(22)19-13-7-9-17-10-8-13/h3-10,12H,11H2,1-2H3,(H2,17,18,19,22)/t12-/m0/s1. The second kappa shape index (κ2) is 8.19. The molecule has 5 nitrogen and oxygen atoms in total. The van der Waals surface area contributed by atoms with Crippen LogP contribution in [-0.2, 0) is 0 Å². The topological polar surface area (TPSA) is 55.4 Å². The second-order valence-corrected chi connectivity index (χ2v) is 5.11. The number of thiocarbonyl (C=S) groups is 1. The number of para-hydroxylation sites is 2. The molecule has 2 aromatic rings. The van der Waals surface area contributed by atoms with Gasteiger partial charge in [-0.05, 0) is 43.4 Å². The van der Waals surface area contributed by atoms with E-state index in [2.05, 4.69) is 15.6 Å². The highest BCUT2D eigenvalue weighted by Crippen LogP contribution is 2.25. The molecule has 0 aliphatic carbocycles. The third kappa shape index (κ3) is 4.89. The highest BCUT2D eigenvalue weighted by Gasteiger charge is 2.08. The van der Waals surface area contributed by atoms with Crippen molar-refractivity contribution in [2.45, 2.75) is 13.0 Å². The lowest BCUT2D eigenvalue weighted by molar-refractivity contribution is 0.270. The van der Waals surface area contributed by atoms with Crippen LogP contribution in [0.25, 0.3) is 0 Å². The minimum absolute atomic E-state index is 0.0479. The Bertz CT molecular complexity index is 607.